The van der Waals surface area contributed by atoms with Crippen LogP contribution in [0, 0.1) is 0 Å². The number of benzene rings is 3. The molecule has 5 nitrogen and oxygen atoms in total. The number of nitrogens with one attached hydrogen (secondary N) is 1. The summed E-state index contributed by atoms with van der Waals surface area (Å²) in [5.41, 5.74) is 3.13. The third kappa shape index (κ3) is 5.39. The smallest absolute Gasteiger partial charge is 0.335 e. The number of halogens is 1. The first-order valence-corrected chi connectivity index (χ1v) is 9.88. The van der Waals surface area contributed by atoms with E-state index >= 15 is 0 Å². The van der Waals surface area contributed by atoms with Crippen LogP contribution in [-0.4, -0.2) is 23.1 Å². The van der Waals surface area contributed by atoms with Gasteiger partial charge >= 0.3 is 5.97 Å². The summed E-state index contributed by atoms with van der Waals surface area (Å²) >= 11 is 5.88. The predicted octanol–water partition coefficient (Wildman–Crippen LogP) is 5.42. The van der Waals surface area contributed by atoms with Crippen LogP contribution in [0.3, 0.4) is 0 Å². The Morgan fingerprint density at radius 2 is 1.67 bits per heavy atom. The van der Waals surface area contributed by atoms with Gasteiger partial charge in [-0.15, -0.1) is 0 Å². The minimum Gasteiger partial charge on any atom is -0.491 e. The SMILES string of the molecule is CC(C)Oc1ccc(-c2cccc(C(=O)O)c2)cc1CNC(=O)c1ccc(Cl)cc1. The van der Waals surface area contributed by atoms with E-state index < -0.39 is 5.97 Å². The summed E-state index contributed by atoms with van der Waals surface area (Å²) in [6.07, 6.45) is -0.0306. The van der Waals surface area contributed by atoms with E-state index in [1.807, 2.05) is 38.1 Å². The number of carbonyl (C=O) groups is 2. The van der Waals surface area contributed by atoms with Gasteiger partial charge in [-0.2, -0.15) is 0 Å². The van der Waals surface area contributed by atoms with Crippen LogP contribution in [0.2, 0.25) is 5.02 Å². The topological polar surface area (TPSA) is 75.6 Å². The first kappa shape index (κ1) is 21.4. The van der Waals surface area contributed by atoms with Crippen molar-refractivity contribution in [3.05, 3.63) is 88.4 Å². The summed E-state index contributed by atoms with van der Waals surface area (Å²) in [5.74, 6) is -0.535. The molecular formula is C24H22ClNO4. The highest BCUT2D eigenvalue weighted by atomic mass is 35.5. The number of carbonyl (C=O) groups excluding carboxylic acids is 1. The third-order valence-electron chi connectivity index (χ3n) is 4.41. The van der Waals surface area contributed by atoms with Crippen LogP contribution in [0.4, 0.5) is 0 Å². The first-order chi connectivity index (χ1) is 14.3. The van der Waals surface area contributed by atoms with Crippen LogP contribution in [0.15, 0.2) is 66.7 Å². The maximum absolute atomic E-state index is 12.5. The second-order valence-corrected chi connectivity index (χ2v) is 7.50. The fourth-order valence-electron chi connectivity index (χ4n) is 2.98. The molecule has 0 aliphatic rings. The lowest BCUT2D eigenvalue weighted by atomic mass is 10.00. The molecule has 0 fully saturated rings. The van der Waals surface area contributed by atoms with Crippen LogP contribution in [0.25, 0.3) is 11.1 Å². The Labute approximate surface area is 180 Å². The number of rotatable bonds is 7. The molecule has 0 bridgehead atoms. The molecule has 0 aliphatic heterocycles. The number of hydrogen-bond acceptors (Lipinski definition) is 3. The second kappa shape index (κ2) is 9.46. The van der Waals surface area contributed by atoms with Crippen molar-refractivity contribution in [2.24, 2.45) is 0 Å². The van der Waals surface area contributed by atoms with Crippen molar-refractivity contribution in [3.8, 4) is 16.9 Å². The number of ether oxygens (including phenoxy) is 1. The summed E-state index contributed by atoms with van der Waals surface area (Å²) in [6.45, 7) is 4.12. The zero-order valence-corrected chi connectivity index (χ0v) is 17.4. The Balaban J connectivity index is 1.87. The summed E-state index contributed by atoms with van der Waals surface area (Å²) in [4.78, 5) is 23.8. The summed E-state index contributed by atoms with van der Waals surface area (Å²) < 4.78 is 5.89. The van der Waals surface area contributed by atoms with Gasteiger partial charge in [-0.25, -0.2) is 4.79 Å². The maximum Gasteiger partial charge on any atom is 0.335 e. The van der Waals surface area contributed by atoms with E-state index in [9.17, 15) is 14.7 Å². The standard InChI is InChI=1S/C24H22ClNO4/c1-15(2)30-22-11-8-18(17-4-3-5-19(12-17)24(28)29)13-20(22)14-26-23(27)16-6-9-21(25)10-7-16/h3-13,15H,14H2,1-2H3,(H,26,27)(H,28,29). The molecule has 30 heavy (non-hydrogen) atoms. The molecule has 154 valence electrons. The first-order valence-electron chi connectivity index (χ1n) is 9.50. The minimum atomic E-state index is -0.980. The molecule has 0 saturated heterocycles. The van der Waals surface area contributed by atoms with Gasteiger partial charge in [0, 0.05) is 22.7 Å². The summed E-state index contributed by atoms with van der Waals surface area (Å²) in [6, 6.07) is 19.0. The van der Waals surface area contributed by atoms with Crippen molar-refractivity contribution >= 4 is 23.5 Å². The highest BCUT2D eigenvalue weighted by molar-refractivity contribution is 6.30. The van der Waals surface area contributed by atoms with E-state index in [0.29, 0.717) is 16.3 Å². The lowest BCUT2D eigenvalue weighted by Gasteiger charge is -2.16. The lowest BCUT2D eigenvalue weighted by molar-refractivity contribution is 0.0696. The average molecular weight is 424 g/mol. The monoisotopic (exact) mass is 423 g/mol. The molecule has 0 atom stereocenters. The number of hydrogen-bond donors (Lipinski definition) is 2. The lowest BCUT2D eigenvalue weighted by Crippen LogP contribution is -2.23. The van der Waals surface area contributed by atoms with E-state index in [4.69, 9.17) is 16.3 Å². The maximum atomic E-state index is 12.5. The molecule has 0 saturated carbocycles. The molecule has 2 N–H and O–H groups in total. The van der Waals surface area contributed by atoms with E-state index in [2.05, 4.69) is 5.32 Å². The van der Waals surface area contributed by atoms with Crippen molar-refractivity contribution in [1.82, 2.24) is 5.32 Å². The van der Waals surface area contributed by atoms with Gasteiger partial charge in [0.25, 0.3) is 5.91 Å². The van der Waals surface area contributed by atoms with E-state index in [-0.39, 0.29) is 24.1 Å². The quantitative estimate of drug-likeness (QED) is 0.531. The van der Waals surface area contributed by atoms with Crippen molar-refractivity contribution in [3.63, 3.8) is 0 Å². The van der Waals surface area contributed by atoms with Gasteiger partial charge < -0.3 is 15.2 Å². The van der Waals surface area contributed by atoms with Gasteiger partial charge in [0.2, 0.25) is 0 Å². The van der Waals surface area contributed by atoms with Gasteiger partial charge in [0.1, 0.15) is 5.75 Å². The van der Waals surface area contributed by atoms with Gasteiger partial charge in [-0.1, -0.05) is 29.8 Å². The molecule has 0 spiro atoms. The molecule has 0 heterocycles. The third-order valence-corrected chi connectivity index (χ3v) is 4.66. The largest absolute Gasteiger partial charge is 0.491 e. The summed E-state index contributed by atoms with van der Waals surface area (Å²) in [7, 11) is 0. The molecule has 0 unspecified atom stereocenters. The summed E-state index contributed by atoms with van der Waals surface area (Å²) in [5, 5.41) is 12.7. The highest BCUT2D eigenvalue weighted by Gasteiger charge is 2.12. The normalized spacial score (nSPS) is 10.7. The molecule has 3 aromatic carbocycles. The Hall–Kier alpha value is -3.31. The van der Waals surface area contributed by atoms with Crippen molar-refractivity contribution < 1.29 is 19.4 Å². The van der Waals surface area contributed by atoms with E-state index in [0.717, 1.165) is 16.7 Å². The molecule has 3 rings (SSSR count). The zero-order chi connectivity index (χ0) is 21.7. The molecule has 6 heteroatoms. The number of aromatic carboxylic acids is 1. The van der Waals surface area contributed by atoms with Crippen LogP contribution in [0.1, 0.15) is 40.1 Å². The fourth-order valence-corrected chi connectivity index (χ4v) is 3.10. The Kier molecular flexibility index (Phi) is 6.75. The van der Waals surface area contributed by atoms with Gasteiger partial charge in [0.05, 0.1) is 11.7 Å². The van der Waals surface area contributed by atoms with E-state index in [1.54, 1.807) is 42.5 Å². The van der Waals surface area contributed by atoms with Crippen molar-refractivity contribution in [2.75, 3.05) is 0 Å². The van der Waals surface area contributed by atoms with Gasteiger partial charge in [0.15, 0.2) is 0 Å². The average Bonchev–Trinajstić information content (AvgIpc) is 2.73. The predicted molar refractivity (Wildman–Crippen MR) is 117 cm³/mol. The van der Waals surface area contributed by atoms with Crippen molar-refractivity contribution in [1.29, 1.82) is 0 Å². The zero-order valence-electron chi connectivity index (χ0n) is 16.7. The fraction of sp³-hybridized carbons (Fsp3) is 0.167. The Morgan fingerprint density at radius 3 is 2.33 bits per heavy atom. The van der Waals surface area contributed by atoms with Crippen LogP contribution in [-0.2, 0) is 6.54 Å². The molecule has 1 amide bonds. The Bertz CT molecular complexity index is 1060. The molecular weight excluding hydrogens is 402 g/mol. The number of carboxylic acids is 1. The molecule has 0 radical (unpaired) electrons. The molecule has 0 aromatic heterocycles. The van der Waals surface area contributed by atoms with Crippen molar-refractivity contribution in [2.45, 2.75) is 26.5 Å². The molecule has 0 aliphatic carbocycles. The van der Waals surface area contributed by atoms with Crippen LogP contribution in [0.5, 0.6) is 5.75 Å². The minimum absolute atomic E-state index is 0.0306. The van der Waals surface area contributed by atoms with Gasteiger partial charge in [-0.05, 0) is 73.5 Å². The Morgan fingerprint density at radius 1 is 0.967 bits per heavy atom. The number of carboxylic acid groups (broad SMARTS) is 1. The van der Waals surface area contributed by atoms with E-state index in [1.165, 1.54) is 0 Å². The highest BCUT2D eigenvalue weighted by Crippen LogP contribution is 2.28. The van der Waals surface area contributed by atoms with Gasteiger partial charge in [-0.3, -0.25) is 4.79 Å². The van der Waals surface area contributed by atoms with Crippen LogP contribution >= 0.6 is 11.6 Å². The van der Waals surface area contributed by atoms with Crippen LogP contribution < -0.4 is 10.1 Å². The molecule has 3 aromatic rings. The number of amides is 1. The second-order valence-electron chi connectivity index (χ2n) is 7.06.